The Kier molecular flexibility index (Phi) is 2.80. The summed E-state index contributed by atoms with van der Waals surface area (Å²) in [5, 5.41) is 3.23. The fourth-order valence-corrected chi connectivity index (χ4v) is 2.30. The average molecular weight is 249 g/mol. The van der Waals surface area contributed by atoms with Gasteiger partial charge in [-0.1, -0.05) is 24.8 Å². The summed E-state index contributed by atoms with van der Waals surface area (Å²) in [6.07, 6.45) is 5.71. The molecule has 1 aromatic carbocycles. The zero-order valence-electron chi connectivity index (χ0n) is 10.8. The number of fused-ring (bicyclic) bond motifs is 1. The van der Waals surface area contributed by atoms with E-state index in [4.69, 9.17) is 0 Å². The zero-order valence-corrected chi connectivity index (χ0v) is 10.8. The summed E-state index contributed by atoms with van der Waals surface area (Å²) in [7, 11) is 2.04. The lowest BCUT2D eigenvalue weighted by atomic mass is 10.2. The predicted molar refractivity (Wildman–Crippen MR) is 80.1 cm³/mol. The second kappa shape index (κ2) is 4.61. The van der Waals surface area contributed by atoms with Gasteiger partial charge in [0.1, 0.15) is 0 Å². The molecule has 0 radical (unpaired) electrons. The monoisotopic (exact) mass is 249 g/mol. The molecule has 0 saturated carbocycles. The van der Waals surface area contributed by atoms with Crippen molar-refractivity contribution in [2.24, 2.45) is 0 Å². The molecule has 0 bridgehead atoms. The molecule has 0 aliphatic carbocycles. The lowest BCUT2D eigenvalue weighted by Gasteiger charge is -2.24. The molecule has 94 valence electrons. The van der Waals surface area contributed by atoms with E-state index in [1.807, 2.05) is 61.9 Å². The highest BCUT2D eigenvalue weighted by molar-refractivity contribution is 5.91. The van der Waals surface area contributed by atoms with E-state index in [-0.39, 0.29) is 0 Å². The molecule has 2 aromatic heterocycles. The Labute approximate surface area is 112 Å². The Morgan fingerprint density at radius 3 is 2.84 bits per heavy atom. The van der Waals surface area contributed by atoms with Crippen LogP contribution in [0, 0.1) is 0 Å². The summed E-state index contributed by atoms with van der Waals surface area (Å²) >= 11 is 0. The zero-order chi connectivity index (χ0) is 13.2. The Morgan fingerprint density at radius 2 is 2.00 bits per heavy atom. The van der Waals surface area contributed by atoms with E-state index in [2.05, 4.69) is 27.3 Å². The van der Waals surface area contributed by atoms with Crippen molar-refractivity contribution in [2.75, 3.05) is 12.1 Å². The van der Waals surface area contributed by atoms with Crippen molar-refractivity contribution in [1.82, 2.24) is 9.66 Å². The summed E-state index contributed by atoms with van der Waals surface area (Å²) in [5.41, 5.74) is 3.17. The van der Waals surface area contributed by atoms with Crippen LogP contribution in [0.5, 0.6) is 0 Å². The van der Waals surface area contributed by atoms with Crippen LogP contribution in [0.3, 0.4) is 0 Å². The molecular formula is C16H15N3. The molecule has 0 N–H and O–H groups in total. The lowest BCUT2D eigenvalue weighted by molar-refractivity contribution is 0.776. The van der Waals surface area contributed by atoms with E-state index in [0.717, 1.165) is 22.3 Å². The maximum atomic E-state index is 4.39. The van der Waals surface area contributed by atoms with Crippen LogP contribution < -0.4 is 5.01 Å². The molecule has 0 fully saturated rings. The maximum Gasteiger partial charge on any atom is 0.0723 e. The number of para-hydroxylation sites is 1. The van der Waals surface area contributed by atoms with E-state index in [0.29, 0.717) is 0 Å². The number of benzene rings is 1. The predicted octanol–water partition coefficient (Wildman–Crippen LogP) is 3.58. The average Bonchev–Trinajstić information content (AvgIpc) is 2.94. The van der Waals surface area contributed by atoms with Gasteiger partial charge in [0.05, 0.1) is 16.9 Å². The van der Waals surface area contributed by atoms with E-state index in [1.165, 1.54) is 0 Å². The first-order chi connectivity index (χ1) is 9.31. The number of hydrogen-bond acceptors (Lipinski definition) is 2. The molecule has 0 amide bonds. The molecule has 19 heavy (non-hydrogen) atoms. The highest BCUT2D eigenvalue weighted by Gasteiger charge is 2.09. The van der Waals surface area contributed by atoms with Crippen LogP contribution in [0.2, 0.25) is 0 Å². The molecule has 0 atom stereocenters. The number of pyridine rings is 1. The molecule has 0 spiro atoms. The summed E-state index contributed by atoms with van der Waals surface area (Å²) in [6, 6.07) is 14.2. The second-order valence-corrected chi connectivity index (χ2v) is 4.35. The van der Waals surface area contributed by atoms with Gasteiger partial charge < -0.3 is 0 Å². The fourth-order valence-electron chi connectivity index (χ4n) is 2.30. The summed E-state index contributed by atoms with van der Waals surface area (Å²) in [5.74, 6) is 0. The van der Waals surface area contributed by atoms with Gasteiger partial charge in [-0.3, -0.25) is 14.7 Å². The van der Waals surface area contributed by atoms with Crippen LogP contribution in [0.4, 0.5) is 5.69 Å². The van der Waals surface area contributed by atoms with Gasteiger partial charge in [0.15, 0.2) is 0 Å². The minimum atomic E-state index is 0.999. The standard InChI is InChI=1S/C16H15N3/c1-3-13-7-6-12-19(13)18(2)16-10-11-17-15-9-5-4-8-14(15)16/h3-12H,1H2,2H3. The van der Waals surface area contributed by atoms with Crippen LogP contribution in [-0.2, 0) is 0 Å². The van der Waals surface area contributed by atoms with Gasteiger partial charge >= 0.3 is 0 Å². The molecule has 0 aliphatic heterocycles. The molecule has 0 unspecified atom stereocenters. The molecular weight excluding hydrogens is 234 g/mol. The third-order valence-electron chi connectivity index (χ3n) is 3.27. The van der Waals surface area contributed by atoms with Gasteiger partial charge in [0.25, 0.3) is 0 Å². The summed E-state index contributed by atoms with van der Waals surface area (Å²) < 4.78 is 2.06. The molecule has 0 aliphatic rings. The van der Waals surface area contributed by atoms with Crippen molar-refractivity contribution >= 4 is 22.7 Å². The van der Waals surface area contributed by atoms with E-state index < -0.39 is 0 Å². The maximum absolute atomic E-state index is 4.39. The quantitative estimate of drug-likeness (QED) is 0.707. The molecule has 3 nitrogen and oxygen atoms in total. The molecule has 3 aromatic rings. The molecule has 3 rings (SSSR count). The Morgan fingerprint density at radius 1 is 1.16 bits per heavy atom. The topological polar surface area (TPSA) is 21.1 Å². The van der Waals surface area contributed by atoms with Gasteiger partial charge in [0.2, 0.25) is 0 Å². The smallest absolute Gasteiger partial charge is 0.0723 e. The van der Waals surface area contributed by atoms with E-state index >= 15 is 0 Å². The van der Waals surface area contributed by atoms with Gasteiger partial charge in [-0.15, -0.1) is 0 Å². The lowest BCUT2D eigenvalue weighted by Crippen LogP contribution is -2.24. The molecule has 2 heterocycles. The third kappa shape index (κ3) is 1.89. The second-order valence-electron chi connectivity index (χ2n) is 4.35. The van der Waals surface area contributed by atoms with Crippen LogP contribution in [0.15, 0.2) is 61.4 Å². The Bertz CT molecular complexity index is 722. The van der Waals surface area contributed by atoms with Crippen LogP contribution in [-0.4, -0.2) is 16.7 Å². The van der Waals surface area contributed by atoms with Crippen molar-refractivity contribution in [3.8, 4) is 0 Å². The SMILES string of the molecule is C=Cc1cccn1N(C)c1ccnc2ccccc12. The first kappa shape index (κ1) is 11.5. The Hall–Kier alpha value is -2.55. The first-order valence-corrected chi connectivity index (χ1v) is 6.19. The van der Waals surface area contributed by atoms with Crippen LogP contribution in [0.1, 0.15) is 5.69 Å². The number of nitrogens with zero attached hydrogens (tertiary/aromatic N) is 3. The number of hydrogen-bond donors (Lipinski definition) is 0. The van der Waals surface area contributed by atoms with Crippen LogP contribution >= 0.6 is 0 Å². The van der Waals surface area contributed by atoms with Crippen LogP contribution in [0.25, 0.3) is 17.0 Å². The molecule has 3 heteroatoms. The van der Waals surface area contributed by atoms with Gasteiger partial charge in [-0.05, 0) is 30.3 Å². The van der Waals surface area contributed by atoms with E-state index in [9.17, 15) is 0 Å². The third-order valence-corrected chi connectivity index (χ3v) is 3.27. The molecule has 0 saturated heterocycles. The van der Waals surface area contributed by atoms with Crippen molar-refractivity contribution in [1.29, 1.82) is 0 Å². The highest BCUT2D eigenvalue weighted by atomic mass is 15.5. The van der Waals surface area contributed by atoms with E-state index in [1.54, 1.807) is 0 Å². The first-order valence-electron chi connectivity index (χ1n) is 6.19. The summed E-state index contributed by atoms with van der Waals surface area (Å²) in [4.78, 5) is 4.39. The normalized spacial score (nSPS) is 10.6. The van der Waals surface area contributed by atoms with Crippen molar-refractivity contribution in [3.63, 3.8) is 0 Å². The highest BCUT2D eigenvalue weighted by Crippen LogP contribution is 2.25. The number of rotatable bonds is 3. The largest absolute Gasteiger partial charge is 0.284 e. The minimum absolute atomic E-state index is 0.999. The summed E-state index contributed by atoms with van der Waals surface area (Å²) in [6.45, 7) is 3.84. The van der Waals surface area contributed by atoms with Gasteiger partial charge in [-0.2, -0.15) is 0 Å². The van der Waals surface area contributed by atoms with Gasteiger partial charge in [-0.25, -0.2) is 0 Å². The van der Waals surface area contributed by atoms with Gasteiger partial charge in [0, 0.05) is 24.8 Å². The van der Waals surface area contributed by atoms with Crippen molar-refractivity contribution < 1.29 is 0 Å². The van der Waals surface area contributed by atoms with Crippen molar-refractivity contribution in [3.05, 3.63) is 67.1 Å². The fraction of sp³-hybridized carbons (Fsp3) is 0.0625. The van der Waals surface area contributed by atoms with Crippen molar-refractivity contribution in [2.45, 2.75) is 0 Å². The Balaban J connectivity index is 2.17. The minimum Gasteiger partial charge on any atom is -0.284 e. The number of anilines is 1. The number of aromatic nitrogens is 2.